The zero-order valence-electron chi connectivity index (χ0n) is 17.1. The van der Waals surface area contributed by atoms with E-state index in [1.165, 1.54) is 12.1 Å². The Bertz CT molecular complexity index is 1350. The Morgan fingerprint density at radius 2 is 1.91 bits per heavy atom. The van der Waals surface area contributed by atoms with Gasteiger partial charge in [-0.1, -0.05) is 30.3 Å². The number of ether oxygens (including phenoxy) is 1. The first-order chi connectivity index (χ1) is 15.7. The highest BCUT2D eigenvalue weighted by Gasteiger charge is 2.20. The molecule has 8 nitrogen and oxygen atoms in total. The molecule has 0 saturated carbocycles. The third-order valence-electron chi connectivity index (χ3n) is 4.98. The summed E-state index contributed by atoms with van der Waals surface area (Å²) in [6, 6.07) is 17.9. The molecule has 3 aromatic heterocycles. The van der Waals surface area contributed by atoms with Gasteiger partial charge in [0.25, 0.3) is 0 Å². The number of pyridine rings is 1. The first-order valence-electron chi connectivity index (χ1n) is 9.87. The Balaban J connectivity index is 1.56. The predicted molar refractivity (Wildman–Crippen MR) is 116 cm³/mol. The summed E-state index contributed by atoms with van der Waals surface area (Å²) in [7, 11) is 1.87. The van der Waals surface area contributed by atoms with E-state index in [9.17, 15) is 4.39 Å². The number of nitrogens with one attached hydrogen (secondary N) is 1. The van der Waals surface area contributed by atoms with Gasteiger partial charge in [0.2, 0.25) is 5.82 Å². The number of aryl methyl sites for hydroxylation is 1. The lowest BCUT2D eigenvalue weighted by molar-refractivity contribution is 0.306. The summed E-state index contributed by atoms with van der Waals surface area (Å²) in [6.45, 7) is 0.316. The average Bonchev–Trinajstić information content (AvgIpc) is 3.49. The van der Waals surface area contributed by atoms with Crippen molar-refractivity contribution in [1.82, 2.24) is 35.2 Å². The Kier molecular flexibility index (Phi) is 5.12. The molecule has 9 heteroatoms. The second kappa shape index (κ2) is 8.38. The molecule has 0 amide bonds. The molecule has 0 aliphatic rings. The molecule has 32 heavy (non-hydrogen) atoms. The van der Waals surface area contributed by atoms with Crippen LogP contribution in [0.5, 0.6) is 5.75 Å². The monoisotopic (exact) mass is 427 g/mol. The summed E-state index contributed by atoms with van der Waals surface area (Å²) in [4.78, 5) is 9.04. The standard InChI is InChI=1S/C23H18FN7O/c1-31-14-26-21(19-11-16(9-10-25-19)23-27-29-30-28-23)22(31)18-8-7-17(24)12-20(18)32-13-15-5-3-2-4-6-15/h2-12,14H,13H2,1H3,(H,27,28,29,30). The fourth-order valence-electron chi connectivity index (χ4n) is 3.47. The van der Waals surface area contributed by atoms with Crippen LogP contribution in [-0.2, 0) is 13.7 Å². The summed E-state index contributed by atoms with van der Waals surface area (Å²) in [5, 5.41) is 14.1. The van der Waals surface area contributed by atoms with Crippen LogP contribution in [-0.4, -0.2) is 35.2 Å². The lowest BCUT2D eigenvalue weighted by atomic mass is 10.1. The zero-order valence-corrected chi connectivity index (χ0v) is 17.1. The molecule has 2 aromatic carbocycles. The third kappa shape index (κ3) is 3.83. The number of nitrogens with zero attached hydrogens (tertiary/aromatic N) is 6. The van der Waals surface area contributed by atoms with E-state index in [1.54, 1.807) is 24.7 Å². The molecule has 0 bridgehead atoms. The van der Waals surface area contributed by atoms with Gasteiger partial charge in [0.15, 0.2) is 0 Å². The summed E-state index contributed by atoms with van der Waals surface area (Å²) in [5.74, 6) is 0.505. The van der Waals surface area contributed by atoms with E-state index in [2.05, 4.69) is 30.6 Å². The van der Waals surface area contributed by atoms with Crippen LogP contribution >= 0.6 is 0 Å². The maximum absolute atomic E-state index is 14.1. The molecule has 0 aliphatic heterocycles. The lowest BCUT2D eigenvalue weighted by Crippen LogP contribution is -2.00. The minimum Gasteiger partial charge on any atom is -0.488 e. The molecule has 0 saturated heterocycles. The van der Waals surface area contributed by atoms with E-state index in [0.29, 0.717) is 35.1 Å². The van der Waals surface area contributed by atoms with Crippen molar-refractivity contribution in [2.45, 2.75) is 6.61 Å². The number of benzene rings is 2. The fraction of sp³-hybridized carbons (Fsp3) is 0.0870. The first-order valence-corrected chi connectivity index (χ1v) is 9.87. The minimum atomic E-state index is -0.377. The molecule has 158 valence electrons. The van der Waals surface area contributed by atoms with Gasteiger partial charge in [0.05, 0.1) is 17.7 Å². The average molecular weight is 427 g/mol. The van der Waals surface area contributed by atoms with Crippen LogP contribution in [0.2, 0.25) is 0 Å². The highest BCUT2D eigenvalue weighted by Crippen LogP contribution is 2.37. The van der Waals surface area contributed by atoms with Crippen LogP contribution in [0.1, 0.15) is 5.56 Å². The molecule has 0 unspecified atom stereocenters. The number of H-pyrrole nitrogens is 1. The zero-order chi connectivity index (χ0) is 21.9. The van der Waals surface area contributed by atoms with E-state index in [0.717, 1.165) is 16.8 Å². The van der Waals surface area contributed by atoms with Crippen LogP contribution < -0.4 is 4.74 Å². The van der Waals surface area contributed by atoms with Crippen molar-refractivity contribution < 1.29 is 9.13 Å². The van der Waals surface area contributed by atoms with E-state index >= 15 is 0 Å². The second-order valence-corrected chi connectivity index (χ2v) is 7.13. The van der Waals surface area contributed by atoms with E-state index in [-0.39, 0.29) is 5.82 Å². The van der Waals surface area contributed by atoms with Gasteiger partial charge in [-0.2, -0.15) is 5.21 Å². The van der Waals surface area contributed by atoms with Gasteiger partial charge in [-0.05, 0) is 35.0 Å². The van der Waals surface area contributed by atoms with Gasteiger partial charge in [-0.15, -0.1) is 10.2 Å². The minimum absolute atomic E-state index is 0.316. The molecule has 3 heterocycles. The first kappa shape index (κ1) is 19.6. The maximum atomic E-state index is 14.1. The maximum Gasteiger partial charge on any atom is 0.204 e. The smallest absolute Gasteiger partial charge is 0.204 e. The highest BCUT2D eigenvalue weighted by molar-refractivity contribution is 5.81. The van der Waals surface area contributed by atoms with Crippen LogP contribution in [0.4, 0.5) is 4.39 Å². The normalized spacial score (nSPS) is 10.9. The Hall–Kier alpha value is -4.40. The topological polar surface area (TPSA) is 94.4 Å². The number of hydrogen-bond donors (Lipinski definition) is 1. The van der Waals surface area contributed by atoms with E-state index in [1.807, 2.05) is 48.0 Å². The van der Waals surface area contributed by atoms with Gasteiger partial charge < -0.3 is 9.30 Å². The van der Waals surface area contributed by atoms with E-state index in [4.69, 9.17) is 4.74 Å². The van der Waals surface area contributed by atoms with Crippen molar-refractivity contribution in [2.24, 2.45) is 7.05 Å². The molecule has 0 fully saturated rings. The van der Waals surface area contributed by atoms with Crippen molar-refractivity contribution in [1.29, 1.82) is 0 Å². The Labute approximate surface area is 182 Å². The van der Waals surface area contributed by atoms with Crippen LogP contribution in [0.25, 0.3) is 34.0 Å². The van der Waals surface area contributed by atoms with Crippen molar-refractivity contribution in [3.63, 3.8) is 0 Å². The molecular weight excluding hydrogens is 409 g/mol. The Morgan fingerprint density at radius 3 is 2.72 bits per heavy atom. The second-order valence-electron chi connectivity index (χ2n) is 7.13. The van der Waals surface area contributed by atoms with Crippen LogP contribution in [0, 0.1) is 5.82 Å². The van der Waals surface area contributed by atoms with Crippen molar-refractivity contribution >= 4 is 0 Å². The predicted octanol–water partition coefficient (Wildman–Crippen LogP) is 4.05. The summed E-state index contributed by atoms with van der Waals surface area (Å²) < 4.78 is 22.0. The van der Waals surface area contributed by atoms with Crippen LogP contribution in [0.15, 0.2) is 73.2 Å². The van der Waals surface area contributed by atoms with Crippen molar-refractivity contribution in [2.75, 3.05) is 0 Å². The molecule has 1 N–H and O–H groups in total. The fourth-order valence-corrected chi connectivity index (χ4v) is 3.47. The largest absolute Gasteiger partial charge is 0.488 e. The third-order valence-corrected chi connectivity index (χ3v) is 4.98. The van der Waals surface area contributed by atoms with Gasteiger partial charge in [0.1, 0.15) is 23.9 Å². The van der Waals surface area contributed by atoms with Gasteiger partial charge in [-0.25, -0.2) is 9.37 Å². The summed E-state index contributed by atoms with van der Waals surface area (Å²) >= 11 is 0. The molecular formula is C23H18FN7O. The van der Waals surface area contributed by atoms with Gasteiger partial charge in [0, 0.05) is 30.4 Å². The lowest BCUT2D eigenvalue weighted by Gasteiger charge is -2.14. The summed E-state index contributed by atoms with van der Waals surface area (Å²) in [5.41, 5.74) is 4.47. The molecule has 0 radical (unpaired) electrons. The number of aromatic amines is 1. The molecule has 0 atom stereocenters. The van der Waals surface area contributed by atoms with Crippen molar-refractivity contribution in [3.05, 3.63) is 84.6 Å². The number of imidazole rings is 1. The molecule has 5 aromatic rings. The Morgan fingerprint density at radius 1 is 1.03 bits per heavy atom. The SMILES string of the molecule is Cn1cnc(-c2cc(-c3nn[nH]n3)ccn2)c1-c1ccc(F)cc1OCc1ccccc1. The molecule has 0 spiro atoms. The summed E-state index contributed by atoms with van der Waals surface area (Å²) in [6.07, 6.45) is 3.36. The van der Waals surface area contributed by atoms with Crippen LogP contribution in [0.3, 0.4) is 0 Å². The molecule has 0 aliphatic carbocycles. The van der Waals surface area contributed by atoms with Gasteiger partial charge >= 0.3 is 0 Å². The molecule has 5 rings (SSSR count). The number of halogens is 1. The number of hydrogen-bond acceptors (Lipinski definition) is 6. The van der Waals surface area contributed by atoms with E-state index < -0.39 is 0 Å². The van der Waals surface area contributed by atoms with Gasteiger partial charge in [-0.3, -0.25) is 4.98 Å². The van der Waals surface area contributed by atoms with Crippen molar-refractivity contribution in [3.8, 4) is 39.8 Å². The number of tetrazole rings is 1. The number of aromatic nitrogens is 7. The highest BCUT2D eigenvalue weighted by atomic mass is 19.1. The quantitative estimate of drug-likeness (QED) is 0.439. The number of rotatable bonds is 6.